The van der Waals surface area contributed by atoms with E-state index < -0.39 is 29.8 Å². The Kier molecular flexibility index (Phi) is 6.66. The number of terminal acetylenes is 1. The molecule has 3 atom stereocenters. The normalized spacial score (nSPS) is 21.8. The molecule has 6 heteroatoms. The van der Waals surface area contributed by atoms with Crippen LogP contribution in [0.25, 0.3) is 0 Å². The number of ether oxygens (including phenoxy) is 1. The van der Waals surface area contributed by atoms with Crippen LogP contribution < -0.4 is 5.32 Å². The highest BCUT2D eigenvalue weighted by molar-refractivity contribution is 5.87. The standard InChI is InChI=1S/C18H27N3O3/c1-7-13-8-9-14(11-19)21(13)16(22)15(10-12(2)3)20-17(23)24-18(4,5)6/h1,12-15H,8-10H2,2-6H3,(H,20,23)/t13?,14?,15-/m0/s1. The van der Waals surface area contributed by atoms with Crippen molar-refractivity contribution in [3.8, 4) is 18.4 Å². The molecule has 0 aromatic carbocycles. The van der Waals surface area contributed by atoms with Crippen LogP contribution in [0.5, 0.6) is 0 Å². The number of carbonyl (C=O) groups excluding carboxylic acids is 2. The van der Waals surface area contributed by atoms with E-state index in [9.17, 15) is 14.9 Å². The molecule has 1 aliphatic rings. The van der Waals surface area contributed by atoms with Gasteiger partial charge in [-0.25, -0.2) is 4.79 Å². The lowest BCUT2D eigenvalue weighted by molar-refractivity contribution is -0.135. The first-order valence-electron chi connectivity index (χ1n) is 8.26. The maximum Gasteiger partial charge on any atom is 0.408 e. The average molecular weight is 333 g/mol. The molecule has 2 unspecified atom stereocenters. The Balaban J connectivity index is 2.94. The van der Waals surface area contributed by atoms with Crippen molar-refractivity contribution in [2.45, 2.75) is 77.6 Å². The SMILES string of the molecule is C#CC1CCC(C#N)N1C(=O)[C@H](CC(C)C)NC(=O)OC(C)(C)C. The lowest BCUT2D eigenvalue weighted by Crippen LogP contribution is -2.53. The van der Waals surface area contributed by atoms with Crippen molar-refractivity contribution < 1.29 is 14.3 Å². The molecule has 24 heavy (non-hydrogen) atoms. The fourth-order valence-corrected chi connectivity index (χ4v) is 2.73. The molecule has 0 aliphatic carbocycles. The van der Waals surface area contributed by atoms with Gasteiger partial charge in [-0.15, -0.1) is 6.42 Å². The third-order valence-corrected chi connectivity index (χ3v) is 3.68. The first-order valence-corrected chi connectivity index (χ1v) is 8.26. The summed E-state index contributed by atoms with van der Waals surface area (Å²) in [5, 5.41) is 11.9. The van der Waals surface area contributed by atoms with E-state index in [1.165, 1.54) is 4.90 Å². The van der Waals surface area contributed by atoms with Gasteiger partial charge in [0.05, 0.1) is 12.1 Å². The summed E-state index contributed by atoms with van der Waals surface area (Å²) in [5.74, 6) is 2.43. The molecule has 1 aliphatic heterocycles. The summed E-state index contributed by atoms with van der Waals surface area (Å²) in [7, 11) is 0. The minimum Gasteiger partial charge on any atom is -0.444 e. The topological polar surface area (TPSA) is 82.4 Å². The summed E-state index contributed by atoms with van der Waals surface area (Å²) in [4.78, 5) is 26.4. The molecule has 6 nitrogen and oxygen atoms in total. The van der Waals surface area contributed by atoms with Crippen molar-refractivity contribution in [1.82, 2.24) is 10.2 Å². The van der Waals surface area contributed by atoms with E-state index in [2.05, 4.69) is 17.3 Å². The van der Waals surface area contributed by atoms with Crippen LogP contribution in [0.15, 0.2) is 0 Å². The highest BCUT2D eigenvalue weighted by Crippen LogP contribution is 2.25. The number of likely N-dealkylation sites (tertiary alicyclic amines) is 1. The van der Waals surface area contributed by atoms with Crippen molar-refractivity contribution in [2.24, 2.45) is 5.92 Å². The Morgan fingerprint density at radius 1 is 1.33 bits per heavy atom. The van der Waals surface area contributed by atoms with E-state index in [4.69, 9.17) is 11.2 Å². The van der Waals surface area contributed by atoms with Gasteiger partial charge in [0.25, 0.3) is 0 Å². The zero-order chi connectivity index (χ0) is 18.5. The van der Waals surface area contributed by atoms with E-state index in [1.54, 1.807) is 20.8 Å². The number of alkyl carbamates (subject to hydrolysis) is 1. The molecule has 1 saturated heterocycles. The predicted molar refractivity (Wildman–Crippen MR) is 90.7 cm³/mol. The Morgan fingerprint density at radius 3 is 2.38 bits per heavy atom. The van der Waals surface area contributed by atoms with Crippen LogP contribution in [0.3, 0.4) is 0 Å². The summed E-state index contributed by atoms with van der Waals surface area (Å²) in [6.07, 6.45) is 6.45. The number of nitrogens with zero attached hydrogens (tertiary/aromatic N) is 2. The Morgan fingerprint density at radius 2 is 1.92 bits per heavy atom. The van der Waals surface area contributed by atoms with Gasteiger partial charge in [-0.1, -0.05) is 19.8 Å². The Labute approximate surface area is 144 Å². The fraction of sp³-hybridized carbons (Fsp3) is 0.722. The van der Waals surface area contributed by atoms with E-state index >= 15 is 0 Å². The molecular weight excluding hydrogens is 306 g/mol. The highest BCUT2D eigenvalue weighted by Gasteiger charge is 2.40. The van der Waals surface area contributed by atoms with Gasteiger partial charge in [0.1, 0.15) is 17.7 Å². The molecule has 0 spiro atoms. The molecule has 0 aromatic rings. The van der Waals surface area contributed by atoms with Crippen LogP contribution in [-0.2, 0) is 9.53 Å². The predicted octanol–water partition coefficient (Wildman–Crippen LogP) is 2.44. The minimum atomic E-state index is -0.760. The van der Waals surface area contributed by atoms with Gasteiger partial charge in [-0.05, 0) is 46.0 Å². The number of hydrogen-bond donors (Lipinski definition) is 1. The van der Waals surface area contributed by atoms with Crippen LogP contribution in [0.4, 0.5) is 4.79 Å². The zero-order valence-corrected chi connectivity index (χ0v) is 15.1. The van der Waals surface area contributed by atoms with E-state index in [0.717, 1.165) is 0 Å². The lowest BCUT2D eigenvalue weighted by Gasteiger charge is -2.30. The molecule has 1 rings (SSSR count). The third kappa shape index (κ3) is 5.45. The molecule has 132 valence electrons. The maximum atomic E-state index is 12.9. The minimum absolute atomic E-state index is 0.182. The molecule has 1 fully saturated rings. The number of amides is 2. The van der Waals surface area contributed by atoms with Crippen LogP contribution >= 0.6 is 0 Å². The molecule has 0 aromatic heterocycles. The summed E-state index contributed by atoms with van der Waals surface area (Å²) in [6, 6.07) is 0.412. The molecule has 0 bridgehead atoms. The van der Waals surface area contributed by atoms with Gasteiger partial charge in [0, 0.05) is 0 Å². The third-order valence-electron chi connectivity index (χ3n) is 3.68. The summed E-state index contributed by atoms with van der Waals surface area (Å²) >= 11 is 0. The lowest BCUT2D eigenvalue weighted by atomic mass is 10.0. The number of nitriles is 1. The van der Waals surface area contributed by atoms with Gasteiger partial charge in [-0.2, -0.15) is 5.26 Å². The highest BCUT2D eigenvalue weighted by atomic mass is 16.6. The van der Waals surface area contributed by atoms with Gasteiger partial charge < -0.3 is 15.0 Å². The molecule has 1 heterocycles. The number of nitrogens with one attached hydrogen (secondary N) is 1. The van der Waals surface area contributed by atoms with Gasteiger partial charge in [0.15, 0.2) is 0 Å². The van der Waals surface area contributed by atoms with Gasteiger partial charge in [0.2, 0.25) is 5.91 Å². The summed E-state index contributed by atoms with van der Waals surface area (Å²) in [5.41, 5.74) is -0.653. The summed E-state index contributed by atoms with van der Waals surface area (Å²) in [6.45, 7) is 9.19. The first-order chi connectivity index (χ1) is 11.1. The van der Waals surface area contributed by atoms with E-state index in [1.807, 2.05) is 13.8 Å². The Hall–Kier alpha value is -2.21. The molecule has 1 N–H and O–H groups in total. The number of hydrogen-bond acceptors (Lipinski definition) is 4. The Bertz CT molecular complexity index is 529. The molecule has 0 radical (unpaired) electrons. The molecule has 0 saturated carbocycles. The van der Waals surface area contributed by atoms with Crippen LogP contribution in [0, 0.1) is 29.6 Å². The number of rotatable bonds is 4. The van der Waals surface area contributed by atoms with Crippen LogP contribution in [-0.4, -0.2) is 40.6 Å². The second-order valence-corrected chi connectivity index (χ2v) is 7.48. The van der Waals surface area contributed by atoms with Gasteiger partial charge in [-0.3, -0.25) is 4.79 Å². The van der Waals surface area contributed by atoms with Crippen LogP contribution in [0.1, 0.15) is 53.9 Å². The van der Waals surface area contributed by atoms with Crippen molar-refractivity contribution in [3.05, 3.63) is 0 Å². The zero-order valence-electron chi connectivity index (χ0n) is 15.1. The van der Waals surface area contributed by atoms with E-state index in [0.29, 0.717) is 19.3 Å². The number of carbonyl (C=O) groups is 2. The van der Waals surface area contributed by atoms with Crippen molar-refractivity contribution in [3.63, 3.8) is 0 Å². The van der Waals surface area contributed by atoms with Crippen molar-refractivity contribution in [1.29, 1.82) is 5.26 Å². The molecular formula is C18H27N3O3. The smallest absolute Gasteiger partial charge is 0.408 e. The maximum absolute atomic E-state index is 12.9. The van der Waals surface area contributed by atoms with E-state index in [-0.39, 0.29) is 11.8 Å². The first kappa shape index (κ1) is 19.8. The molecule has 2 amide bonds. The second-order valence-electron chi connectivity index (χ2n) is 7.48. The summed E-state index contributed by atoms with van der Waals surface area (Å²) < 4.78 is 5.24. The largest absolute Gasteiger partial charge is 0.444 e. The monoisotopic (exact) mass is 333 g/mol. The van der Waals surface area contributed by atoms with Crippen LogP contribution in [0.2, 0.25) is 0 Å². The van der Waals surface area contributed by atoms with Gasteiger partial charge >= 0.3 is 6.09 Å². The second kappa shape index (κ2) is 8.06. The quantitative estimate of drug-likeness (QED) is 0.801. The average Bonchev–Trinajstić information content (AvgIpc) is 2.86. The van der Waals surface area contributed by atoms with Crippen molar-refractivity contribution >= 4 is 12.0 Å². The fourth-order valence-electron chi connectivity index (χ4n) is 2.73. The van der Waals surface area contributed by atoms with Crippen molar-refractivity contribution in [2.75, 3.05) is 0 Å².